The summed E-state index contributed by atoms with van der Waals surface area (Å²) in [5.41, 5.74) is 6.66. The summed E-state index contributed by atoms with van der Waals surface area (Å²) in [5.74, 6) is -1.58. The van der Waals surface area contributed by atoms with Gasteiger partial charge in [0.15, 0.2) is 11.6 Å². The van der Waals surface area contributed by atoms with Crippen LogP contribution in [0.2, 0.25) is 0 Å². The van der Waals surface area contributed by atoms with Crippen molar-refractivity contribution in [3.63, 3.8) is 0 Å². The summed E-state index contributed by atoms with van der Waals surface area (Å²) in [4.78, 5) is 18.2. The number of nitrogens with one attached hydrogen (secondary N) is 1. The minimum absolute atomic E-state index is 0.103. The predicted molar refractivity (Wildman–Crippen MR) is 136 cm³/mol. The summed E-state index contributed by atoms with van der Waals surface area (Å²) in [5, 5.41) is 7.65. The number of fused-ring (bicyclic) bond motifs is 2. The Balaban J connectivity index is 1.38. The quantitative estimate of drug-likeness (QED) is 0.386. The maximum absolute atomic E-state index is 14.3. The summed E-state index contributed by atoms with van der Waals surface area (Å²) in [6.45, 7) is 1.96. The molecule has 1 aliphatic carbocycles. The Bertz CT molecular complexity index is 1560. The first kappa shape index (κ1) is 23.2. The Kier molecular flexibility index (Phi) is 5.47. The Morgan fingerprint density at radius 2 is 1.97 bits per heavy atom. The molecule has 188 valence electrons. The monoisotopic (exact) mass is 501 g/mol. The second-order valence-corrected chi connectivity index (χ2v) is 9.39. The standard InChI is InChI=1S/C27H25F2N7O/c1-15-11-21-23(32-15)22(35-20-6-4-5-19(24(20)37-3)26-30-14-31-36(26)2)13-18(33-21)12-17-8-7-16-9-10-27(28,29)25(16)34-17/h4-8,13-14H,9-12H2,1-3H3,(H,33,35). The number of aryl methyl sites for hydroxylation is 2. The van der Waals surface area contributed by atoms with Gasteiger partial charge in [0.05, 0.1) is 29.7 Å². The second kappa shape index (κ2) is 8.72. The van der Waals surface area contributed by atoms with Crippen LogP contribution in [0.1, 0.15) is 41.7 Å². The lowest BCUT2D eigenvalue weighted by atomic mass is 10.1. The molecule has 8 nitrogen and oxygen atoms in total. The van der Waals surface area contributed by atoms with Gasteiger partial charge >= 0.3 is 0 Å². The molecule has 6 rings (SSSR count). The minimum atomic E-state index is -2.88. The molecular weight excluding hydrogens is 476 g/mol. The fraction of sp³-hybridized carbons (Fsp3) is 0.296. The van der Waals surface area contributed by atoms with Crippen molar-refractivity contribution < 1.29 is 13.5 Å². The van der Waals surface area contributed by atoms with Crippen LogP contribution in [0.15, 0.2) is 47.7 Å². The fourth-order valence-electron chi connectivity index (χ4n) is 5.01. The van der Waals surface area contributed by atoms with Crippen LogP contribution >= 0.6 is 0 Å². The number of benzene rings is 1. The highest BCUT2D eigenvalue weighted by atomic mass is 19.3. The molecule has 0 unspecified atom stereocenters. The van der Waals surface area contributed by atoms with Crippen molar-refractivity contribution in [2.24, 2.45) is 12.0 Å². The summed E-state index contributed by atoms with van der Waals surface area (Å²) in [6.07, 6.45) is 2.63. The van der Waals surface area contributed by atoms with E-state index in [9.17, 15) is 8.78 Å². The molecule has 0 atom stereocenters. The molecule has 0 spiro atoms. The van der Waals surface area contributed by atoms with E-state index in [1.54, 1.807) is 17.9 Å². The fourth-order valence-corrected chi connectivity index (χ4v) is 5.01. The number of methoxy groups -OCH3 is 1. The largest absolute Gasteiger partial charge is 0.494 e. The van der Waals surface area contributed by atoms with Crippen LogP contribution in [0.25, 0.3) is 11.4 Å². The average molecular weight is 502 g/mol. The van der Waals surface area contributed by atoms with E-state index in [4.69, 9.17) is 14.7 Å². The third-order valence-electron chi connectivity index (χ3n) is 6.74. The molecule has 10 heteroatoms. The average Bonchev–Trinajstić information content (AvgIpc) is 3.55. The van der Waals surface area contributed by atoms with Crippen LogP contribution in [-0.4, -0.2) is 37.6 Å². The maximum Gasteiger partial charge on any atom is 0.290 e. The molecule has 0 fully saturated rings. The number of halogens is 2. The summed E-state index contributed by atoms with van der Waals surface area (Å²) in [7, 11) is 3.44. The van der Waals surface area contributed by atoms with Gasteiger partial charge in [-0.05, 0) is 43.2 Å². The predicted octanol–water partition coefficient (Wildman–Crippen LogP) is 5.30. The first-order valence-electron chi connectivity index (χ1n) is 12.0. The van der Waals surface area contributed by atoms with E-state index < -0.39 is 5.92 Å². The van der Waals surface area contributed by atoms with E-state index in [0.717, 1.165) is 39.7 Å². The van der Waals surface area contributed by atoms with E-state index in [-0.39, 0.29) is 12.1 Å². The highest BCUT2D eigenvalue weighted by molar-refractivity contribution is 5.95. The Morgan fingerprint density at radius 3 is 2.76 bits per heavy atom. The number of anilines is 2. The highest BCUT2D eigenvalue weighted by Crippen LogP contribution is 2.42. The van der Waals surface area contributed by atoms with Gasteiger partial charge in [0, 0.05) is 43.4 Å². The molecule has 1 aromatic carbocycles. The zero-order chi connectivity index (χ0) is 25.7. The molecule has 1 N–H and O–H groups in total. The number of aromatic nitrogens is 5. The third-order valence-corrected chi connectivity index (χ3v) is 6.74. The van der Waals surface area contributed by atoms with Crippen LogP contribution in [0.3, 0.4) is 0 Å². The molecule has 37 heavy (non-hydrogen) atoms. The first-order chi connectivity index (χ1) is 17.8. The summed E-state index contributed by atoms with van der Waals surface area (Å²) < 4.78 is 36.0. The third kappa shape index (κ3) is 4.12. The van der Waals surface area contributed by atoms with Gasteiger partial charge in [-0.2, -0.15) is 13.9 Å². The Labute approximate surface area is 212 Å². The zero-order valence-electron chi connectivity index (χ0n) is 20.7. The van der Waals surface area contributed by atoms with Crippen LogP contribution in [0, 0.1) is 0 Å². The first-order valence-corrected chi connectivity index (χ1v) is 12.0. The van der Waals surface area contributed by atoms with Gasteiger partial charge in [-0.25, -0.2) is 9.67 Å². The molecule has 1 aliphatic heterocycles. The molecular formula is C27H25F2N7O. The topological polar surface area (TPSA) is 90.1 Å². The molecule has 0 bridgehead atoms. The number of hydrogen-bond donors (Lipinski definition) is 1. The number of para-hydroxylation sites is 1. The van der Waals surface area contributed by atoms with Crippen molar-refractivity contribution in [1.29, 1.82) is 0 Å². The molecule has 4 aromatic rings. The molecule has 4 heterocycles. The zero-order valence-corrected chi connectivity index (χ0v) is 20.7. The van der Waals surface area contributed by atoms with Gasteiger partial charge in [0.2, 0.25) is 0 Å². The number of ether oxygens (including phenoxy) is 1. The maximum atomic E-state index is 14.3. The van der Waals surface area contributed by atoms with Gasteiger partial charge in [-0.3, -0.25) is 15.0 Å². The van der Waals surface area contributed by atoms with Crippen LogP contribution < -0.4 is 10.1 Å². The van der Waals surface area contributed by atoms with Crippen molar-refractivity contribution in [3.8, 4) is 17.1 Å². The van der Waals surface area contributed by atoms with Gasteiger partial charge in [-0.1, -0.05) is 12.1 Å². The molecule has 0 saturated carbocycles. The van der Waals surface area contributed by atoms with E-state index in [2.05, 4.69) is 20.4 Å². The number of rotatable bonds is 6. The van der Waals surface area contributed by atoms with Crippen LogP contribution in [-0.2, 0) is 32.2 Å². The van der Waals surface area contributed by atoms with Gasteiger partial charge in [0.25, 0.3) is 5.92 Å². The van der Waals surface area contributed by atoms with E-state index in [0.29, 0.717) is 42.1 Å². The summed E-state index contributed by atoms with van der Waals surface area (Å²) in [6, 6.07) is 11.2. The van der Waals surface area contributed by atoms with Crippen LogP contribution in [0.5, 0.6) is 5.75 Å². The van der Waals surface area contributed by atoms with Crippen LogP contribution in [0.4, 0.5) is 25.8 Å². The number of aliphatic imine (C=N–C) groups is 1. The molecule has 0 radical (unpaired) electrons. The van der Waals surface area contributed by atoms with Crippen molar-refractivity contribution in [2.75, 3.05) is 12.4 Å². The van der Waals surface area contributed by atoms with Gasteiger partial charge in [0.1, 0.15) is 17.7 Å². The number of pyridine rings is 2. The van der Waals surface area contributed by atoms with Crippen molar-refractivity contribution in [1.82, 2.24) is 24.7 Å². The normalized spacial score (nSPS) is 15.3. The lowest BCUT2D eigenvalue weighted by Crippen LogP contribution is -2.11. The molecule has 2 aliphatic rings. The van der Waals surface area contributed by atoms with Crippen molar-refractivity contribution in [3.05, 3.63) is 71.1 Å². The Hall–Kier alpha value is -4.21. The SMILES string of the molecule is COc1c(Nc2cc(Cc3ccc4c(n3)C(F)(F)CC4)nc3c2N=C(C)C3)cccc1-c1ncnn1C. The number of nitrogens with zero attached hydrogens (tertiary/aromatic N) is 6. The lowest BCUT2D eigenvalue weighted by Gasteiger charge is -2.17. The smallest absolute Gasteiger partial charge is 0.290 e. The van der Waals surface area contributed by atoms with E-state index in [1.165, 1.54) is 6.33 Å². The van der Waals surface area contributed by atoms with Crippen molar-refractivity contribution in [2.45, 2.75) is 38.5 Å². The van der Waals surface area contributed by atoms with E-state index >= 15 is 0 Å². The Morgan fingerprint density at radius 1 is 1.11 bits per heavy atom. The summed E-state index contributed by atoms with van der Waals surface area (Å²) >= 11 is 0. The number of alkyl halides is 2. The number of hydrogen-bond acceptors (Lipinski definition) is 7. The molecule has 0 saturated heterocycles. The van der Waals surface area contributed by atoms with Gasteiger partial charge in [-0.15, -0.1) is 0 Å². The minimum Gasteiger partial charge on any atom is -0.494 e. The van der Waals surface area contributed by atoms with E-state index in [1.807, 2.05) is 44.3 Å². The lowest BCUT2D eigenvalue weighted by molar-refractivity contribution is -0.00607. The van der Waals surface area contributed by atoms with Crippen molar-refractivity contribution >= 4 is 22.8 Å². The highest BCUT2D eigenvalue weighted by Gasteiger charge is 2.40. The second-order valence-electron chi connectivity index (χ2n) is 9.39. The molecule has 0 amide bonds. The van der Waals surface area contributed by atoms with Gasteiger partial charge < -0.3 is 10.1 Å². The molecule has 3 aromatic heterocycles.